The summed E-state index contributed by atoms with van der Waals surface area (Å²) in [6.45, 7) is 3.31. The van der Waals surface area contributed by atoms with Crippen LogP contribution in [0.5, 0.6) is 0 Å². The zero-order valence-electron chi connectivity index (χ0n) is 17.4. The van der Waals surface area contributed by atoms with Gasteiger partial charge in [-0.2, -0.15) is 0 Å². The summed E-state index contributed by atoms with van der Waals surface area (Å²) in [7, 11) is 0. The second-order valence-corrected chi connectivity index (χ2v) is 9.09. The fourth-order valence-corrected chi connectivity index (χ4v) is 4.17. The highest BCUT2D eigenvalue weighted by Crippen LogP contribution is 2.25. The van der Waals surface area contributed by atoms with Crippen molar-refractivity contribution in [1.29, 1.82) is 0 Å². The molecule has 2 aliphatic rings. The predicted molar refractivity (Wildman–Crippen MR) is 119 cm³/mol. The van der Waals surface area contributed by atoms with Crippen LogP contribution in [0.25, 0.3) is 0 Å². The second-order valence-electron chi connectivity index (χ2n) is 8.09. The average molecular weight is 444 g/mol. The highest BCUT2D eigenvalue weighted by atomic mass is 32.2. The topological polar surface area (TPSA) is 87.2 Å². The molecule has 2 fully saturated rings. The van der Waals surface area contributed by atoms with Crippen LogP contribution in [-0.4, -0.2) is 46.9 Å². The van der Waals surface area contributed by atoms with Crippen LogP contribution < -0.4 is 15.5 Å². The molecule has 1 aliphatic carbocycles. The van der Waals surface area contributed by atoms with Crippen LogP contribution in [0, 0.1) is 18.7 Å². The number of carbonyl (C=O) groups excluding carboxylic acids is 2. The van der Waals surface area contributed by atoms with Crippen molar-refractivity contribution in [2.45, 2.75) is 43.7 Å². The van der Waals surface area contributed by atoms with E-state index < -0.39 is 0 Å². The monoisotopic (exact) mass is 443 g/mol. The summed E-state index contributed by atoms with van der Waals surface area (Å²) in [6, 6.07) is 8.39. The molecule has 1 atom stereocenters. The average Bonchev–Trinajstić information content (AvgIpc) is 3.59. The van der Waals surface area contributed by atoms with Gasteiger partial charge in [0.1, 0.15) is 10.8 Å². The first-order valence-electron chi connectivity index (χ1n) is 10.6. The number of aryl methyl sites for hydroxylation is 1. The number of nitrogens with one attached hydrogen (secondary N) is 2. The summed E-state index contributed by atoms with van der Waals surface area (Å²) in [5.41, 5.74) is 1.27. The first-order valence-corrected chi connectivity index (χ1v) is 11.5. The number of nitrogens with zero attached hydrogens (tertiary/aromatic N) is 3. The molecule has 164 valence electrons. The van der Waals surface area contributed by atoms with Gasteiger partial charge in [-0.1, -0.05) is 17.8 Å². The van der Waals surface area contributed by atoms with Crippen molar-refractivity contribution in [1.82, 2.24) is 15.5 Å². The zero-order chi connectivity index (χ0) is 21.8. The Balaban J connectivity index is 1.28. The molecule has 2 aromatic rings. The first kappa shape index (κ1) is 21.5. The fraction of sp³-hybridized carbons (Fsp3) is 0.455. The number of thioether (sulfide) groups is 1. The van der Waals surface area contributed by atoms with E-state index in [-0.39, 0.29) is 29.3 Å². The molecule has 1 saturated carbocycles. The molecule has 31 heavy (non-hydrogen) atoms. The maximum atomic E-state index is 13.4. The van der Waals surface area contributed by atoms with Gasteiger partial charge in [0.2, 0.25) is 11.8 Å². The summed E-state index contributed by atoms with van der Waals surface area (Å²) >= 11 is 1.27. The Morgan fingerprint density at radius 3 is 2.77 bits per heavy atom. The lowest BCUT2D eigenvalue weighted by Gasteiger charge is -2.32. The van der Waals surface area contributed by atoms with Crippen LogP contribution in [0.3, 0.4) is 0 Å². The van der Waals surface area contributed by atoms with Gasteiger partial charge in [-0.15, -0.1) is 10.2 Å². The highest BCUT2D eigenvalue weighted by Gasteiger charge is 2.30. The molecule has 1 aromatic carbocycles. The van der Waals surface area contributed by atoms with E-state index >= 15 is 0 Å². The summed E-state index contributed by atoms with van der Waals surface area (Å²) < 4.78 is 13.4. The molecule has 0 bridgehead atoms. The van der Waals surface area contributed by atoms with Crippen molar-refractivity contribution in [2.24, 2.45) is 5.92 Å². The quantitative estimate of drug-likeness (QED) is 0.640. The van der Waals surface area contributed by atoms with Gasteiger partial charge < -0.3 is 15.5 Å². The van der Waals surface area contributed by atoms with Crippen LogP contribution in [0.2, 0.25) is 0 Å². The van der Waals surface area contributed by atoms with Gasteiger partial charge in [0.05, 0.1) is 11.7 Å². The number of benzene rings is 1. The van der Waals surface area contributed by atoms with Gasteiger partial charge in [-0.25, -0.2) is 4.39 Å². The normalized spacial score (nSPS) is 18.5. The summed E-state index contributed by atoms with van der Waals surface area (Å²) in [5.74, 6) is 0.405. The zero-order valence-corrected chi connectivity index (χ0v) is 18.3. The molecular weight excluding hydrogens is 417 g/mol. The molecule has 4 rings (SSSR count). The van der Waals surface area contributed by atoms with Crippen molar-refractivity contribution >= 4 is 35.1 Å². The third kappa shape index (κ3) is 5.94. The Morgan fingerprint density at radius 2 is 2.03 bits per heavy atom. The van der Waals surface area contributed by atoms with E-state index in [4.69, 9.17) is 0 Å². The van der Waals surface area contributed by atoms with Gasteiger partial charge >= 0.3 is 0 Å². The van der Waals surface area contributed by atoms with Crippen molar-refractivity contribution in [3.05, 3.63) is 41.7 Å². The third-order valence-corrected chi connectivity index (χ3v) is 6.41. The number of anilines is 2. The lowest BCUT2D eigenvalue weighted by molar-refractivity contribution is -0.125. The predicted octanol–water partition coefficient (Wildman–Crippen LogP) is 3.15. The standard InChI is InChI=1S/C22H26FN5O2S/c1-14-4-5-16(23)11-18(14)25-20(29)13-31-21-9-8-19(26-27-21)28-10-2-3-15(12-28)22(30)24-17-6-7-17/h4-5,8-9,11,15,17H,2-3,6-7,10,12-13H2,1H3,(H,24,30)(H,25,29)/t15-/m0/s1. The molecule has 2 N–H and O–H groups in total. The lowest BCUT2D eigenvalue weighted by Crippen LogP contribution is -2.44. The van der Waals surface area contributed by atoms with Gasteiger partial charge in [-0.05, 0) is 62.4 Å². The van der Waals surface area contributed by atoms with E-state index in [1.165, 1.54) is 23.9 Å². The lowest BCUT2D eigenvalue weighted by atomic mass is 9.97. The minimum absolute atomic E-state index is 0.0137. The molecular formula is C22H26FN5O2S. The molecule has 1 aromatic heterocycles. The number of rotatable bonds is 7. The third-order valence-electron chi connectivity index (χ3n) is 5.49. The van der Waals surface area contributed by atoms with Crippen LogP contribution in [0.4, 0.5) is 15.9 Å². The number of amides is 2. The molecule has 2 amide bonds. The van der Waals surface area contributed by atoms with Gasteiger partial charge in [-0.3, -0.25) is 9.59 Å². The van der Waals surface area contributed by atoms with Crippen LogP contribution in [0.1, 0.15) is 31.2 Å². The number of carbonyl (C=O) groups is 2. The minimum Gasteiger partial charge on any atom is -0.354 e. The fourth-order valence-electron chi connectivity index (χ4n) is 3.56. The van der Waals surface area contributed by atoms with E-state index in [9.17, 15) is 14.0 Å². The summed E-state index contributed by atoms with van der Waals surface area (Å²) in [5, 5.41) is 15.0. The van der Waals surface area contributed by atoms with E-state index in [1.54, 1.807) is 6.07 Å². The molecule has 2 heterocycles. The molecule has 0 unspecified atom stereocenters. The Kier molecular flexibility index (Phi) is 6.70. The first-order chi connectivity index (χ1) is 15.0. The van der Waals surface area contributed by atoms with Gasteiger partial charge in [0.15, 0.2) is 5.82 Å². The maximum absolute atomic E-state index is 13.4. The number of aromatic nitrogens is 2. The van der Waals surface area contributed by atoms with Gasteiger partial charge in [0, 0.05) is 24.8 Å². The number of halogens is 1. The number of hydrogen-bond acceptors (Lipinski definition) is 6. The summed E-state index contributed by atoms with van der Waals surface area (Å²) in [4.78, 5) is 26.7. The van der Waals surface area contributed by atoms with Crippen LogP contribution >= 0.6 is 11.8 Å². The van der Waals surface area contributed by atoms with Crippen molar-refractivity contribution in [2.75, 3.05) is 29.1 Å². The van der Waals surface area contributed by atoms with E-state index in [2.05, 4.69) is 25.7 Å². The largest absolute Gasteiger partial charge is 0.354 e. The summed E-state index contributed by atoms with van der Waals surface area (Å²) in [6.07, 6.45) is 4.02. The second kappa shape index (κ2) is 9.64. The van der Waals surface area contributed by atoms with Crippen molar-refractivity contribution in [3.63, 3.8) is 0 Å². The molecule has 1 aliphatic heterocycles. The van der Waals surface area contributed by atoms with Crippen molar-refractivity contribution in [3.8, 4) is 0 Å². The molecule has 7 nitrogen and oxygen atoms in total. The Morgan fingerprint density at radius 1 is 1.19 bits per heavy atom. The molecule has 1 saturated heterocycles. The highest BCUT2D eigenvalue weighted by molar-refractivity contribution is 7.99. The Labute approximate surface area is 185 Å². The number of piperidine rings is 1. The van der Waals surface area contributed by atoms with E-state index in [0.29, 0.717) is 23.3 Å². The maximum Gasteiger partial charge on any atom is 0.234 e. The van der Waals surface area contributed by atoms with Crippen LogP contribution in [-0.2, 0) is 9.59 Å². The van der Waals surface area contributed by atoms with Gasteiger partial charge in [0.25, 0.3) is 0 Å². The smallest absolute Gasteiger partial charge is 0.234 e. The number of hydrogen-bond donors (Lipinski definition) is 2. The van der Waals surface area contributed by atoms with E-state index in [0.717, 1.165) is 43.6 Å². The SMILES string of the molecule is Cc1ccc(F)cc1NC(=O)CSc1ccc(N2CCC[C@H](C(=O)NC3CC3)C2)nn1. The molecule has 0 radical (unpaired) electrons. The molecule has 0 spiro atoms. The van der Waals surface area contributed by atoms with E-state index in [1.807, 2.05) is 19.1 Å². The minimum atomic E-state index is -0.389. The Bertz CT molecular complexity index is 951. The van der Waals surface area contributed by atoms with Crippen LogP contribution in [0.15, 0.2) is 35.4 Å². The van der Waals surface area contributed by atoms with Crippen molar-refractivity contribution < 1.29 is 14.0 Å². The molecule has 9 heteroatoms. The Hall–Kier alpha value is -2.68.